The number of carbonyl (C=O) groups is 2. The lowest BCUT2D eigenvalue weighted by molar-refractivity contribution is -0.145. The summed E-state index contributed by atoms with van der Waals surface area (Å²) in [6.45, 7) is 3.48. The molecule has 0 saturated carbocycles. The Bertz CT molecular complexity index is 501. The van der Waals surface area contributed by atoms with Crippen molar-refractivity contribution in [1.82, 2.24) is 10.2 Å². The minimum Gasteiger partial charge on any atom is -0.480 e. The zero-order chi connectivity index (χ0) is 15.2. The van der Waals surface area contributed by atoms with Gasteiger partial charge in [0.2, 0.25) is 5.91 Å². The zero-order valence-electron chi connectivity index (χ0n) is 12.3. The van der Waals surface area contributed by atoms with E-state index < -0.39 is 12.0 Å². The summed E-state index contributed by atoms with van der Waals surface area (Å²) in [4.78, 5) is 27.4. The van der Waals surface area contributed by atoms with E-state index >= 15 is 0 Å². The van der Waals surface area contributed by atoms with Crippen LogP contribution in [0.4, 0.5) is 0 Å². The molecule has 1 unspecified atom stereocenters. The maximum Gasteiger partial charge on any atom is 0.320 e. The van der Waals surface area contributed by atoms with E-state index in [4.69, 9.17) is 0 Å². The molecule has 0 bridgehead atoms. The number of hydrogen-bond donors (Lipinski definition) is 2. The fourth-order valence-electron chi connectivity index (χ4n) is 2.59. The van der Waals surface area contributed by atoms with E-state index in [1.807, 2.05) is 6.07 Å². The van der Waals surface area contributed by atoms with Gasteiger partial charge in [-0.15, -0.1) is 11.3 Å². The standard InChI is InChI=1S/C15H22N2O3S/c1-2-11-6-7-12(21-11)9-16-14(18)10-17-8-4-3-5-13(17)15(19)20/h6-7,13H,2-5,8-10H2,1H3,(H,16,18)(H,19,20). The second-order valence-electron chi connectivity index (χ2n) is 5.32. The molecule has 1 aromatic rings. The van der Waals surface area contributed by atoms with Crippen LogP contribution >= 0.6 is 11.3 Å². The number of carboxylic acid groups (broad SMARTS) is 1. The molecular weight excluding hydrogens is 288 g/mol. The first-order chi connectivity index (χ1) is 10.1. The van der Waals surface area contributed by atoms with Crippen LogP contribution in [0.1, 0.15) is 35.9 Å². The number of hydrogen-bond acceptors (Lipinski definition) is 4. The van der Waals surface area contributed by atoms with E-state index in [2.05, 4.69) is 18.3 Å². The van der Waals surface area contributed by atoms with Crippen molar-refractivity contribution in [3.05, 3.63) is 21.9 Å². The number of piperidine rings is 1. The number of carbonyl (C=O) groups excluding carboxylic acids is 1. The number of amides is 1. The topological polar surface area (TPSA) is 69.6 Å². The summed E-state index contributed by atoms with van der Waals surface area (Å²) in [5.41, 5.74) is 0. The first kappa shape index (κ1) is 16.0. The van der Waals surface area contributed by atoms with Crippen molar-refractivity contribution >= 4 is 23.2 Å². The number of nitrogens with zero attached hydrogens (tertiary/aromatic N) is 1. The Morgan fingerprint density at radius 3 is 2.81 bits per heavy atom. The van der Waals surface area contributed by atoms with Crippen molar-refractivity contribution in [2.45, 2.75) is 45.2 Å². The molecule has 2 heterocycles. The minimum absolute atomic E-state index is 0.102. The summed E-state index contributed by atoms with van der Waals surface area (Å²) in [7, 11) is 0. The molecule has 1 amide bonds. The summed E-state index contributed by atoms with van der Waals surface area (Å²) < 4.78 is 0. The third-order valence-electron chi connectivity index (χ3n) is 3.77. The second-order valence-corrected chi connectivity index (χ2v) is 6.57. The Kier molecular flexibility index (Phi) is 5.76. The van der Waals surface area contributed by atoms with Crippen molar-refractivity contribution in [2.24, 2.45) is 0 Å². The van der Waals surface area contributed by atoms with Gasteiger partial charge < -0.3 is 10.4 Å². The molecule has 0 radical (unpaired) electrons. The highest BCUT2D eigenvalue weighted by molar-refractivity contribution is 7.11. The van der Waals surface area contributed by atoms with Gasteiger partial charge >= 0.3 is 5.97 Å². The molecule has 2 rings (SSSR count). The predicted octanol–water partition coefficient (Wildman–Crippen LogP) is 1.87. The lowest BCUT2D eigenvalue weighted by atomic mass is 10.0. The Balaban J connectivity index is 1.81. The van der Waals surface area contributed by atoms with Gasteiger partial charge in [0.25, 0.3) is 0 Å². The van der Waals surface area contributed by atoms with Crippen molar-refractivity contribution < 1.29 is 14.7 Å². The average Bonchev–Trinajstić information content (AvgIpc) is 2.93. The van der Waals surface area contributed by atoms with Crippen LogP contribution in [-0.2, 0) is 22.6 Å². The Morgan fingerprint density at radius 1 is 1.38 bits per heavy atom. The van der Waals surface area contributed by atoms with Gasteiger partial charge in [-0.1, -0.05) is 13.3 Å². The zero-order valence-corrected chi connectivity index (χ0v) is 13.1. The highest BCUT2D eigenvalue weighted by Crippen LogP contribution is 2.18. The summed E-state index contributed by atoms with van der Waals surface area (Å²) >= 11 is 1.70. The molecule has 0 aliphatic carbocycles. The maximum atomic E-state index is 12.0. The van der Waals surface area contributed by atoms with Crippen LogP contribution in [0, 0.1) is 0 Å². The Labute approximate surface area is 129 Å². The number of rotatable bonds is 6. The largest absolute Gasteiger partial charge is 0.480 e. The summed E-state index contributed by atoms with van der Waals surface area (Å²) in [6.07, 6.45) is 3.52. The number of nitrogens with one attached hydrogen (secondary N) is 1. The normalized spacial score (nSPS) is 19.4. The highest BCUT2D eigenvalue weighted by Gasteiger charge is 2.29. The van der Waals surface area contributed by atoms with Crippen LogP contribution in [0.5, 0.6) is 0 Å². The summed E-state index contributed by atoms with van der Waals surface area (Å²) in [6, 6.07) is 3.60. The van der Waals surface area contributed by atoms with Crippen LogP contribution < -0.4 is 5.32 Å². The van der Waals surface area contributed by atoms with Gasteiger partial charge in [0.15, 0.2) is 0 Å². The van der Waals surface area contributed by atoms with Gasteiger partial charge in [0.1, 0.15) is 6.04 Å². The molecule has 1 atom stereocenters. The monoisotopic (exact) mass is 310 g/mol. The quantitative estimate of drug-likeness (QED) is 0.841. The van der Waals surface area contributed by atoms with Crippen LogP contribution in [0.2, 0.25) is 0 Å². The number of likely N-dealkylation sites (tertiary alicyclic amines) is 1. The molecule has 0 aromatic carbocycles. The van der Waals surface area contributed by atoms with Crippen molar-refractivity contribution in [3.63, 3.8) is 0 Å². The SMILES string of the molecule is CCc1ccc(CNC(=O)CN2CCCCC2C(=O)O)s1. The van der Waals surface area contributed by atoms with E-state index in [0.717, 1.165) is 24.1 Å². The Hall–Kier alpha value is -1.40. The summed E-state index contributed by atoms with van der Waals surface area (Å²) in [5, 5.41) is 12.1. The maximum absolute atomic E-state index is 12.0. The van der Waals surface area contributed by atoms with Gasteiger partial charge in [0.05, 0.1) is 13.1 Å². The van der Waals surface area contributed by atoms with Crippen molar-refractivity contribution in [2.75, 3.05) is 13.1 Å². The molecule has 5 nitrogen and oxygen atoms in total. The fraction of sp³-hybridized carbons (Fsp3) is 0.600. The van der Waals surface area contributed by atoms with E-state index in [1.54, 1.807) is 16.2 Å². The average molecular weight is 310 g/mol. The first-order valence-electron chi connectivity index (χ1n) is 7.41. The third kappa shape index (κ3) is 4.54. The van der Waals surface area contributed by atoms with E-state index in [0.29, 0.717) is 19.5 Å². The molecular formula is C15H22N2O3S. The number of carboxylic acids is 1. The van der Waals surface area contributed by atoms with Crippen LogP contribution in [0.25, 0.3) is 0 Å². The van der Waals surface area contributed by atoms with E-state index in [1.165, 1.54) is 4.88 Å². The smallest absolute Gasteiger partial charge is 0.320 e. The molecule has 1 fully saturated rings. The first-order valence-corrected chi connectivity index (χ1v) is 8.23. The lowest BCUT2D eigenvalue weighted by Crippen LogP contribution is -2.48. The van der Waals surface area contributed by atoms with Gasteiger partial charge in [-0.2, -0.15) is 0 Å². The van der Waals surface area contributed by atoms with Gasteiger partial charge in [0, 0.05) is 9.75 Å². The van der Waals surface area contributed by atoms with Gasteiger partial charge in [-0.25, -0.2) is 0 Å². The summed E-state index contributed by atoms with van der Waals surface area (Å²) in [5.74, 6) is -0.928. The van der Waals surface area contributed by atoms with Crippen molar-refractivity contribution in [3.8, 4) is 0 Å². The molecule has 21 heavy (non-hydrogen) atoms. The molecule has 1 aromatic heterocycles. The number of thiophene rings is 1. The highest BCUT2D eigenvalue weighted by atomic mass is 32.1. The molecule has 2 N–H and O–H groups in total. The van der Waals surface area contributed by atoms with Gasteiger partial charge in [-0.05, 0) is 37.9 Å². The van der Waals surface area contributed by atoms with Crippen LogP contribution in [-0.4, -0.2) is 41.0 Å². The lowest BCUT2D eigenvalue weighted by Gasteiger charge is -2.32. The molecule has 116 valence electrons. The number of aliphatic carboxylic acids is 1. The second kappa shape index (κ2) is 7.56. The van der Waals surface area contributed by atoms with Crippen molar-refractivity contribution in [1.29, 1.82) is 0 Å². The molecule has 1 aliphatic rings. The molecule has 0 spiro atoms. The Morgan fingerprint density at radius 2 is 2.14 bits per heavy atom. The van der Waals surface area contributed by atoms with Gasteiger partial charge in [-0.3, -0.25) is 14.5 Å². The van der Waals surface area contributed by atoms with Crippen LogP contribution in [0.15, 0.2) is 12.1 Å². The molecule has 6 heteroatoms. The minimum atomic E-state index is -0.826. The predicted molar refractivity (Wildman–Crippen MR) is 82.4 cm³/mol. The van der Waals surface area contributed by atoms with E-state index in [-0.39, 0.29) is 12.5 Å². The fourth-order valence-corrected chi connectivity index (χ4v) is 3.49. The molecule has 1 aliphatic heterocycles. The number of aryl methyl sites for hydroxylation is 1. The third-order valence-corrected chi connectivity index (χ3v) is 5.00. The van der Waals surface area contributed by atoms with E-state index in [9.17, 15) is 14.7 Å². The van der Waals surface area contributed by atoms with Crippen LogP contribution in [0.3, 0.4) is 0 Å². The molecule has 1 saturated heterocycles.